The first kappa shape index (κ1) is 28.1. The van der Waals surface area contributed by atoms with Crippen LogP contribution in [-0.2, 0) is 16.3 Å². The molecule has 36 heavy (non-hydrogen) atoms. The Hall–Kier alpha value is -2.51. The number of halogens is 7. The smallest absolute Gasteiger partial charge is 0.376 e. The van der Waals surface area contributed by atoms with E-state index < -0.39 is 61.7 Å². The van der Waals surface area contributed by atoms with Gasteiger partial charge in [-0.15, -0.1) is 0 Å². The number of nitrogens with one attached hydrogen (secondary N) is 1. The first-order chi connectivity index (χ1) is 16.6. The fourth-order valence-electron chi connectivity index (χ4n) is 4.00. The minimum atomic E-state index is -5.94. The highest BCUT2D eigenvalue weighted by Gasteiger charge is 2.48. The van der Waals surface area contributed by atoms with Crippen molar-refractivity contribution in [3.05, 3.63) is 64.2 Å². The number of piperidine rings is 1. The van der Waals surface area contributed by atoms with Gasteiger partial charge >= 0.3 is 21.8 Å². The molecule has 2 aromatic rings. The van der Waals surface area contributed by atoms with E-state index in [4.69, 9.17) is 11.6 Å². The van der Waals surface area contributed by atoms with Crippen molar-refractivity contribution >= 4 is 27.6 Å². The van der Waals surface area contributed by atoms with E-state index in [-0.39, 0.29) is 5.56 Å². The number of carbonyl (C=O) groups excluding carboxylic acids is 1. The summed E-state index contributed by atoms with van der Waals surface area (Å²) >= 11 is 5.89. The molecule has 1 saturated heterocycles. The lowest BCUT2D eigenvalue weighted by Crippen LogP contribution is -2.47. The van der Waals surface area contributed by atoms with Crippen LogP contribution < -0.4 is 9.50 Å². The quantitative estimate of drug-likeness (QED) is 0.286. The third-order valence-electron chi connectivity index (χ3n) is 5.75. The molecule has 1 aliphatic heterocycles. The van der Waals surface area contributed by atoms with Gasteiger partial charge in [-0.05, 0) is 56.3 Å². The lowest BCUT2D eigenvalue weighted by atomic mass is 9.90. The van der Waals surface area contributed by atoms with Crippen LogP contribution in [0.15, 0.2) is 42.5 Å². The second-order valence-corrected chi connectivity index (χ2v) is 10.1. The molecule has 0 spiro atoms. The summed E-state index contributed by atoms with van der Waals surface area (Å²) in [4.78, 5) is 15.0. The van der Waals surface area contributed by atoms with Crippen molar-refractivity contribution in [3.63, 3.8) is 0 Å². The summed E-state index contributed by atoms with van der Waals surface area (Å²) in [7, 11) is -4.18. The van der Waals surface area contributed by atoms with E-state index in [1.54, 1.807) is 7.05 Å². The molecular formula is C22H21ClF6N2O4S. The SMILES string of the molecule is CN1CCCCC1C(NC(=O)c1cccc(C(F)(F)F)c1Cl)c1cccc(OS(=O)(=O)C(F)(F)F)c1. The van der Waals surface area contributed by atoms with E-state index >= 15 is 0 Å². The normalized spacial score (nSPS) is 18.5. The topological polar surface area (TPSA) is 75.7 Å². The van der Waals surface area contributed by atoms with Crippen LogP contribution in [0.4, 0.5) is 26.3 Å². The van der Waals surface area contributed by atoms with Crippen LogP contribution in [0, 0.1) is 0 Å². The molecule has 0 saturated carbocycles. The number of likely N-dealkylation sites (tertiary alicyclic amines) is 1. The lowest BCUT2D eigenvalue weighted by molar-refractivity contribution is -0.137. The number of hydrogen-bond donors (Lipinski definition) is 1. The number of amides is 1. The molecule has 1 aliphatic rings. The molecule has 1 fully saturated rings. The Morgan fingerprint density at radius 3 is 2.39 bits per heavy atom. The number of rotatable bonds is 6. The molecule has 14 heteroatoms. The van der Waals surface area contributed by atoms with E-state index in [0.717, 1.165) is 43.2 Å². The fraction of sp³-hybridized carbons (Fsp3) is 0.409. The Morgan fingerprint density at radius 2 is 1.78 bits per heavy atom. The van der Waals surface area contributed by atoms with Crippen LogP contribution in [0.5, 0.6) is 5.75 Å². The van der Waals surface area contributed by atoms with Gasteiger partial charge in [0, 0.05) is 6.04 Å². The predicted molar refractivity (Wildman–Crippen MR) is 119 cm³/mol. The molecule has 0 aliphatic carbocycles. The van der Waals surface area contributed by atoms with Crippen molar-refractivity contribution in [1.29, 1.82) is 0 Å². The predicted octanol–water partition coefficient (Wildman–Crippen LogP) is 5.54. The zero-order valence-electron chi connectivity index (χ0n) is 18.7. The molecule has 1 amide bonds. The lowest BCUT2D eigenvalue weighted by Gasteiger charge is -2.38. The van der Waals surface area contributed by atoms with Crippen LogP contribution in [-0.4, -0.2) is 44.4 Å². The number of nitrogens with zero attached hydrogens (tertiary/aromatic N) is 1. The van der Waals surface area contributed by atoms with Crippen LogP contribution >= 0.6 is 11.6 Å². The molecule has 2 unspecified atom stereocenters. The summed E-state index contributed by atoms with van der Waals surface area (Å²) in [6.07, 6.45) is -2.65. The van der Waals surface area contributed by atoms with E-state index in [1.807, 2.05) is 4.90 Å². The van der Waals surface area contributed by atoms with E-state index in [1.165, 1.54) is 12.1 Å². The summed E-state index contributed by atoms with van der Waals surface area (Å²) in [5.74, 6) is -1.58. The first-order valence-electron chi connectivity index (χ1n) is 10.6. The number of likely N-dealkylation sites (N-methyl/N-ethyl adjacent to an activating group) is 1. The second-order valence-electron chi connectivity index (χ2n) is 8.22. The molecule has 1 N–H and O–H groups in total. The molecule has 3 rings (SSSR count). The third-order valence-corrected chi connectivity index (χ3v) is 7.14. The van der Waals surface area contributed by atoms with Gasteiger partial charge in [-0.2, -0.15) is 34.8 Å². The van der Waals surface area contributed by atoms with Crippen LogP contribution in [0.25, 0.3) is 0 Å². The highest BCUT2D eigenvalue weighted by atomic mass is 35.5. The summed E-state index contributed by atoms with van der Waals surface area (Å²) in [5.41, 5.74) is -7.10. The molecule has 2 aromatic carbocycles. The van der Waals surface area contributed by atoms with Crippen LogP contribution in [0.2, 0.25) is 5.02 Å². The maximum atomic E-state index is 13.3. The van der Waals surface area contributed by atoms with Crippen LogP contribution in [0.3, 0.4) is 0 Å². The highest BCUT2D eigenvalue weighted by molar-refractivity contribution is 7.88. The molecule has 1 heterocycles. The number of benzene rings is 2. The van der Waals surface area contributed by atoms with Gasteiger partial charge in [-0.25, -0.2) is 0 Å². The molecule has 0 aromatic heterocycles. The number of alkyl halides is 6. The molecule has 2 atom stereocenters. The maximum Gasteiger partial charge on any atom is 0.534 e. The van der Waals surface area contributed by atoms with Gasteiger partial charge < -0.3 is 14.4 Å². The van der Waals surface area contributed by atoms with Crippen molar-refractivity contribution in [3.8, 4) is 5.75 Å². The van der Waals surface area contributed by atoms with Gasteiger partial charge in [0.1, 0.15) is 5.75 Å². The zero-order valence-corrected chi connectivity index (χ0v) is 20.2. The van der Waals surface area contributed by atoms with Crippen molar-refractivity contribution < 1.29 is 43.7 Å². The first-order valence-corrected chi connectivity index (χ1v) is 12.4. The van der Waals surface area contributed by atoms with Crippen molar-refractivity contribution in [2.24, 2.45) is 0 Å². The Bertz CT molecular complexity index is 1220. The Kier molecular flexibility index (Phi) is 8.16. The minimum absolute atomic E-state index is 0.195. The van der Waals surface area contributed by atoms with Gasteiger partial charge in [-0.3, -0.25) is 4.79 Å². The summed E-state index contributed by atoms with van der Waals surface area (Å²) < 4.78 is 105. The molecule has 0 radical (unpaired) electrons. The van der Waals surface area contributed by atoms with Gasteiger partial charge in [-0.1, -0.05) is 36.2 Å². The van der Waals surface area contributed by atoms with Crippen molar-refractivity contribution in [1.82, 2.24) is 10.2 Å². The van der Waals surface area contributed by atoms with Crippen LogP contribution in [0.1, 0.15) is 46.8 Å². The van der Waals surface area contributed by atoms with E-state index in [2.05, 4.69) is 9.50 Å². The largest absolute Gasteiger partial charge is 0.534 e. The third kappa shape index (κ3) is 6.24. The molecule has 6 nitrogen and oxygen atoms in total. The molecular weight excluding hydrogens is 538 g/mol. The van der Waals surface area contributed by atoms with Gasteiger partial charge in [0.2, 0.25) is 0 Å². The van der Waals surface area contributed by atoms with Gasteiger partial charge in [0.25, 0.3) is 5.91 Å². The van der Waals surface area contributed by atoms with Gasteiger partial charge in [0.15, 0.2) is 0 Å². The highest BCUT2D eigenvalue weighted by Crippen LogP contribution is 2.37. The standard InChI is InChI=1S/C22H21ClF6N2O4S/c1-31-11-3-2-10-17(31)19(13-6-4-7-14(12-13)35-36(33,34)22(27,28)29)30-20(32)15-8-5-9-16(18(15)23)21(24,25)26/h4-9,12,17,19H,2-3,10-11H2,1H3,(H,30,32). The Labute approximate surface area is 208 Å². The number of carbonyl (C=O) groups is 1. The second kappa shape index (κ2) is 10.5. The fourth-order valence-corrected chi connectivity index (χ4v) is 4.77. The van der Waals surface area contributed by atoms with E-state index in [9.17, 15) is 39.6 Å². The minimum Gasteiger partial charge on any atom is -0.376 e. The summed E-state index contributed by atoms with van der Waals surface area (Å²) in [6.45, 7) is 0.625. The van der Waals surface area contributed by atoms with E-state index in [0.29, 0.717) is 13.0 Å². The Balaban J connectivity index is 1.99. The average Bonchev–Trinajstić information content (AvgIpc) is 2.76. The average molecular weight is 559 g/mol. The Morgan fingerprint density at radius 1 is 1.11 bits per heavy atom. The summed E-state index contributed by atoms with van der Waals surface area (Å²) in [5, 5.41) is 1.83. The molecule has 198 valence electrons. The number of hydrogen-bond acceptors (Lipinski definition) is 5. The summed E-state index contributed by atoms with van der Waals surface area (Å²) in [6, 6.07) is 6.25. The maximum absolute atomic E-state index is 13.3. The zero-order chi connectivity index (χ0) is 26.9. The molecule has 0 bridgehead atoms. The van der Waals surface area contributed by atoms with Crippen molar-refractivity contribution in [2.45, 2.75) is 43.0 Å². The van der Waals surface area contributed by atoms with Crippen molar-refractivity contribution in [2.75, 3.05) is 13.6 Å². The monoisotopic (exact) mass is 558 g/mol. The van der Waals surface area contributed by atoms with Gasteiger partial charge in [0.05, 0.1) is 22.2 Å².